The molecule has 1 heterocycles. The first-order valence-corrected chi connectivity index (χ1v) is 11.0. The van der Waals surface area contributed by atoms with Gasteiger partial charge in [-0.25, -0.2) is 13.4 Å². The lowest BCUT2D eigenvalue weighted by molar-refractivity contribution is -0.117. The number of sulfonamides is 1. The van der Waals surface area contributed by atoms with E-state index in [0.717, 1.165) is 11.1 Å². The Morgan fingerprint density at radius 2 is 1.77 bits per heavy atom. The Hall–Kier alpha value is -1.90. The van der Waals surface area contributed by atoms with Gasteiger partial charge in [-0.05, 0) is 56.0 Å². The Kier molecular flexibility index (Phi) is 7.19. The van der Waals surface area contributed by atoms with Crippen molar-refractivity contribution >= 4 is 33.5 Å². The maximum atomic E-state index is 12.6. The van der Waals surface area contributed by atoms with Gasteiger partial charge in [-0.3, -0.25) is 4.79 Å². The number of rotatable bonds is 8. The van der Waals surface area contributed by atoms with Gasteiger partial charge in [-0.15, -0.1) is 0 Å². The minimum absolute atomic E-state index is 0.138. The molecule has 2 N–H and O–H groups in total. The number of amides is 1. The number of anilines is 1. The number of nitrogens with one attached hydrogen (secondary N) is 2. The monoisotopic (exact) mass is 393 g/mol. The maximum absolute atomic E-state index is 12.6. The van der Waals surface area contributed by atoms with Crippen LogP contribution in [0, 0.1) is 13.8 Å². The van der Waals surface area contributed by atoms with Crippen molar-refractivity contribution in [2.24, 2.45) is 0 Å². The molecule has 0 unspecified atom stereocenters. The summed E-state index contributed by atoms with van der Waals surface area (Å²) in [7, 11) is -3.79. The number of hydrogen-bond acceptors (Lipinski definition) is 5. The fraction of sp³-hybridized carbons (Fsp3) is 0.333. The van der Waals surface area contributed by atoms with Crippen LogP contribution in [0.5, 0.6) is 0 Å². The number of pyridine rings is 1. The molecular formula is C18H23N3O3S2. The Morgan fingerprint density at radius 3 is 2.35 bits per heavy atom. The summed E-state index contributed by atoms with van der Waals surface area (Å²) in [6.45, 7) is 3.78. The molecule has 2 aromatic rings. The molecule has 0 saturated carbocycles. The Bertz CT molecular complexity index is 835. The summed E-state index contributed by atoms with van der Waals surface area (Å²) in [6, 6.07) is 9.15. The van der Waals surface area contributed by atoms with Crippen LogP contribution in [0.15, 0.2) is 47.5 Å². The first-order valence-electron chi connectivity index (χ1n) is 8.13. The van der Waals surface area contributed by atoms with Crippen molar-refractivity contribution in [1.82, 2.24) is 9.71 Å². The van der Waals surface area contributed by atoms with E-state index in [1.54, 1.807) is 36.2 Å². The van der Waals surface area contributed by atoms with E-state index in [-0.39, 0.29) is 4.90 Å². The van der Waals surface area contributed by atoms with Gasteiger partial charge in [0.15, 0.2) is 0 Å². The van der Waals surface area contributed by atoms with Crippen molar-refractivity contribution in [3.05, 3.63) is 53.7 Å². The summed E-state index contributed by atoms with van der Waals surface area (Å²) in [5.74, 6) is 0.617. The predicted octanol–water partition coefficient (Wildman–Crippen LogP) is 2.74. The van der Waals surface area contributed by atoms with E-state index >= 15 is 0 Å². The molecule has 0 radical (unpaired) electrons. The normalized spacial score (nSPS) is 12.6. The largest absolute Gasteiger partial charge is 0.309 e. The third-order valence-electron chi connectivity index (χ3n) is 3.72. The van der Waals surface area contributed by atoms with Crippen molar-refractivity contribution in [3.8, 4) is 0 Å². The topological polar surface area (TPSA) is 88.2 Å². The van der Waals surface area contributed by atoms with E-state index in [2.05, 4.69) is 15.0 Å². The Labute approximate surface area is 158 Å². The van der Waals surface area contributed by atoms with Crippen LogP contribution in [0.25, 0.3) is 0 Å². The van der Waals surface area contributed by atoms with Gasteiger partial charge in [-0.2, -0.15) is 16.5 Å². The molecule has 1 amide bonds. The highest BCUT2D eigenvalue weighted by Gasteiger charge is 2.25. The second-order valence-electron chi connectivity index (χ2n) is 5.98. The number of aromatic nitrogens is 1. The molecule has 0 fully saturated rings. The van der Waals surface area contributed by atoms with Crippen molar-refractivity contribution in [1.29, 1.82) is 0 Å². The standard InChI is InChI=1S/C18H23N3O3S2/c1-13-4-7-15(8-5-13)26(23,24)21-16(10-11-25-3)18(22)20-17-9-6-14(2)12-19-17/h4-9,12,16,21H,10-11H2,1-3H3,(H,19,20,22)/t16-/m0/s1. The van der Waals surface area contributed by atoms with Gasteiger partial charge in [0.05, 0.1) is 4.90 Å². The zero-order chi connectivity index (χ0) is 19.2. The lowest BCUT2D eigenvalue weighted by Gasteiger charge is -2.18. The molecule has 1 atom stereocenters. The fourth-order valence-electron chi connectivity index (χ4n) is 2.21. The van der Waals surface area contributed by atoms with Crippen LogP contribution in [-0.4, -0.2) is 37.4 Å². The predicted molar refractivity (Wildman–Crippen MR) is 106 cm³/mol. The molecule has 26 heavy (non-hydrogen) atoms. The summed E-state index contributed by atoms with van der Waals surface area (Å²) in [5.41, 5.74) is 1.94. The van der Waals surface area contributed by atoms with Crippen LogP contribution in [0.3, 0.4) is 0 Å². The number of thioether (sulfide) groups is 1. The smallest absolute Gasteiger partial charge is 0.243 e. The molecule has 0 aliphatic carbocycles. The molecule has 0 aliphatic rings. The van der Waals surface area contributed by atoms with E-state index in [9.17, 15) is 13.2 Å². The van der Waals surface area contributed by atoms with Crippen LogP contribution < -0.4 is 10.0 Å². The number of benzene rings is 1. The highest BCUT2D eigenvalue weighted by atomic mass is 32.2. The third kappa shape index (κ3) is 5.82. The van der Waals surface area contributed by atoms with E-state index in [1.165, 1.54) is 12.1 Å². The third-order valence-corrected chi connectivity index (χ3v) is 5.85. The van der Waals surface area contributed by atoms with Crippen LogP contribution >= 0.6 is 11.8 Å². The second-order valence-corrected chi connectivity index (χ2v) is 8.68. The number of carbonyl (C=O) groups is 1. The lowest BCUT2D eigenvalue weighted by atomic mass is 10.2. The molecular weight excluding hydrogens is 370 g/mol. The average Bonchev–Trinajstić information content (AvgIpc) is 2.61. The first kappa shape index (κ1) is 20.4. The van der Waals surface area contributed by atoms with E-state index < -0.39 is 22.0 Å². The first-order chi connectivity index (χ1) is 12.3. The molecule has 0 saturated heterocycles. The summed E-state index contributed by atoms with van der Waals surface area (Å²) < 4.78 is 27.7. The minimum atomic E-state index is -3.79. The highest BCUT2D eigenvalue weighted by molar-refractivity contribution is 7.98. The number of aryl methyl sites for hydroxylation is 2. The average molecular weight is 394 g/mol. The fourth-order valence-corrected chi connectivity index (χ4v) is 3.91. The molecule has 0 aliphatic heterocycles. The van der Waals surface area contributed by atoms with Crippen molar-refractivity contribution < 1.29 is 13.2 Å². The van der Waals surface area contributed by atoms with Crippen molar-refractivity contribution in [2.45, 2.75) is 31.2 Å². The van der Waals surface area contributed by atoms with E-state index in [1.807, 2.05) is 26.2 Å². The van der Waals surface area contributed by atoms with Gasteiger partial charge in [-0.1, -0.05) is 23.8 Å². The number of hydrogen-bond donors (Lipinski definition) is 2. The molecule has 2 rings (SSSR count). The minimum Gasteiger partial charge on any atom is -0.309 e. The lowest BCUT2D eigenvalue weighted by Crippen LogP contribution is -2.44. The van der Waals surface area contributed by atoms with Gasteiger partial charge in [0, 0.05) is 6.20 Å². The van der Waals surface area contributed by atoms with Crippen LogP contribution in [0.4, 0.5) is 5.82 Å². The van der Waals surface area contributed by atoms with Crippen molar-refractivity contribution in [2.75, 3.05) is 17.3 Å². The van der Waals surface area contributed by atoms with E-state index in [4.69, 9.17) is 0 Å². The van der Waals surface area contributed by atoms with Gasteiger partial charge in [0.2, 0.25) is 15.9 Å². The molecule has 0 spiro atoms. The molecule has 0 bridgehead atoms. The molecule has 1 aromatic heterocycles. The van der Waals surface area contributed by atoms with Gasteiger partial charge in [0.25, 0.3) is 0 Å². The van der Waals surface area contributed by atoms with Gasteiger partial charge >= 0.3 is 0 Å². The summed E-state index contributed by atoms with van der Waals surface area (Å²) in [5, 5.41) is 2.68. The molecule has 140 valence electrons. The van der Waals surface area contributed by atoms with E-state index in [0.29, 0.717) is 18.0 Å². The molecule has 1 aromatic carbocycles. The Morgan fingerprint density at radius 1 is 1.12 bits per heavy atom. The van der Waals surface area contributed by atoms with Crippen LogP contribution in [-0.2, 0) is 14.8 Å². The molecule has 6 nitrogen and oxygen atoms in total. The quantitative estimate of drug-likeness (QED) is 0.720. The summed E-state index contributed by atoms with van der Waals surface area (Å²) >= 11 is 1.55. The summed E-state index contributed by atoms with van der Waals surface area (Å²) in [4.78, 5) is 16.8. The number of carbonyl (C=O) groups excluding carboxylic acids is 1. The zero-order valence-electron chi connectivity index (χ0n) is 15.0. The maximum Gasteiger partial charge on any atom is 0.243 e. The highest BCUT2D eigenvalue weighted by Crippen LogP contribution is 2.13. The van der Waals surface area contributed by atoms with Crippen LogP contribution in [0.2, 0.25) is 0 Å². The molecule has 8 heteroatoms. The zero-order valence-corrected chi connectivity index (χ0v) is 16.7. The SMILES string of the molecule is CSCC[C@H](NS(=O)(=O)c1ccc(C)cc1)C(=O)Nc1ccc(C)cn1. The second kappa shape index (κ2) is 9.16. The van der Waals surface area contributed by atoms with Crippen molar-refractivity contribution in [3.63, 3.8) is 0 Å². The van der Waals surface area contributed by atoms with Gasteiger partial charge < -0.3 is 5.32 Å². The van der Waals surface area contributed by atoms with Gasteiger partial charge in [0.1, 0.15) is 11.9 Å². The van der Waals surface area contributed by atoms with Crippen LogP contribution in [0.1, 0.15) is 17.5 Å². The Balaban J connectivity index is 2.16. The summed E-state index contributed by atoms with van der Waals surface area (Å²) in [6.07, 6.45) is 3.93. The number of nitrogens with zero attached hydrogens (tertiary/aromatic N) is 1.